The third kappa shape index (κ3) is 9.39. The summed E-state index contributed by atoms with van der Waals surface area (Å²) < 4.78 is 17.1. The van der Waals surface area contributed by atoms with Crippen LogP contribution in [0, 0.1) is 11.8 Å². The summed E-state index contributed by atoms with van der Waals surface area (Å²) in [5, 5.41) is 32.0. The van der Waals surface area contributed by atoms with Gasteiger partial charge in [0.2, 0.25) is 0 Å². The van der Waals surface area contributed by atoms with Gasteiger partial charge < -0.3 is 39.7 Å². The van der Waals surface area contributed by atoms with Gasteiger partial charge in [-0.15, -0.1) is 0 Å². The summed E-state index contributed by atoms with van der Waals surface area (Å²) in [5.41, 5.74) is 2.30. The number of carboxylic acids is 1. The Morgan fingerprint density at radius 3 is 2.19 bits per heavy atom. The maximum atomic E-state index is 13.2. The Morgan fingerprint density at radius 1 is 0.833 bits per heavy atom. The maximum absolute atomic E-state index is 13.2. The number of para-hydroxylation sites is 2. The molecule has 2 aliphatic carbocycles. The number of carbonyl (C=O) groups excluding carboxylic acids is 2. The Bertz CT molecular complexity index is 1530. The van der Waals surface area contributed by atoms with Crippen LogP contribution in [-0.4, -0.2) is 82.2 Å². The number of aliphatic hydroxyl groups is 1. The molecule has 2 saturated carbocycles. The molecule has 12 nitrogen and oxygen atoms in total. The first kappa shape index (κ1) is 34.5. The van der Waals surface area contributed by atoms with Crippen molar-refractivity contribution in [1.29, 1.82) is 0 Å². The zero-order valence-corrected chi connectivity index (χ0v) is 26.8. The van der Waals surface area contributed by atoms with Crippen molar-refractivity contribution in [3.8, 4) is 17.2 Å². The molecule has 3 atom stereocenters. The smallest absolute Gasteiger partial charge is 0.410 e. The van der Waals surface area contributed by atoms with Gasteiger partial charge >= 0.3 is 18.2 Å². The van der Waals surface area contributed by atoms with Crippen LogP contribution in [0.4, 0.5) is 9.59 Å². The summed E-state index contributed by atoms with van der Waals surface area (Å²) in [7, 11) is 0. The number of phenolic OH excluding ortho intramolecular Hbond substituents is 1. The van der Waals surface area contributed by atoms with Gasteiger partial charge in [0.15, 0.2) is 0 Å². The number of amides is 2. The molecule has 12 heteroatoms. The molecule has 0 aromatic heterocycles. The molecule has 2 fully saturated rings. The molecule has 2 bridgehead atoms. The van der Waals surface area contributed by atoms with Gasteiger partial charge in [-0.05, 0) is 60.9 Å². The first-order chi connectivity index (χ1) is 23.3. The Hall–Kier alpha value is -4.81. The van der Waals surface area contributed by atoms with Crippen molar-refractivity contribution in [1.82, 2.24) is 15.1 Å². The normalized spacial score (nSPS) is 17.9. The molecule has 0 aliphatic heterocycles. The monoisotopic (exact) mass is 661 g/mol. The van der Waals surface area contributed by atoms with Gasteiger partial charge in [-0.1, -0.05) is 55.0 Å². The van der Waals surface area contributed by atoms with E-state index in [1.807, 2.05) is 36.4 Å². The number of aliphatic hydroxyl groups excluding tert-OH is 1. The van der Waals surface area contributed by atoms with E-state index in [9.17, 15) is 29.7 Å². The Labute approximate surface area is 279 Å². The van der Waals surface area contributed by atoms with Gasteiger partial charge in [-0.2, -0.15) is 0 Å². The second kappa shape index (κ2) is 16.8. The van der Waals surface area contributed by atoms with Crippen LogP contribution >= 0.6 is 0 Å². The summed E-state index contributed by atoms with van der Waals surface area (Å²) in [5.74, 6) is 1.02. The number of aliphatic carboxylic acids is 1. The number of ether oxygens (including phenoxy) is 3. The van der Waals surface area contributed by atoms with E-state index in [4.69, 9.17) is 14.2 Å². The highest BCUT2D eigenvalue weighted by atomic mass is 16.6. The van der Waals surface area contributed by atoms with Crippen LogP contribution in [0.3, 0.4) is 0 Å². The molecule has 3 unspecified atom stereocenters. The molecule has 2 amide bonds. The van der Waals surface area contributed by atoms with E-state index in [1.54, 1.807) is 24.3 Å². The minimum Gasteiger partial charge on any atom is -0.508 e. The Morgan fingerprint density at radius 2 is 1.52 bits per heavy atom. The standard InChI is InChI=1S/C36H43N3O9/c40-24-29-6-2-4-8-33(29)48-32-7-3-1-5-28(32)21-37-15-17-46-35(44)38(22-25-10-13-30(41)14-11-25)16-18-47-36(45)39(23-34(42)43)31-20-26-9-12-27(31)19-26/h1-8,10-11,13-14,26-27,31,37,40-41H,9,12,15-24H2,(H,42,43). The van der Waals surface area contributed by atoms with E-state index >= 15 is 0 Å². The summed E-state index contributed by atoms with van der Waals surface area (Å²) in [6, 6.07) is 21.1. The van der Waals surface area contributed by atoms with Crippen molar-refractivity contribution in [3.63, 3.8) is 0 Å². The maximum Gasteiger partial charge on any atom is 0.410 e. The topological polar surface area (TPSA) is 158 Å². The second-order valence-electron chi connectivity index (χ2n) is 12.2. The Kier molecular flexibility index (Phi) is 12.1. The van der Waals surface area contributed by atoms with Crippen molar-refractivity contribution in [2.24, 2.45) is 11.8 Å². The summed E-state index contributed by atoms with van der Waals surface area (Å²) >= 11 is 0. The minimum absolute atomic E-state index is 0.0243. The number of nitrogens with one attached hydrogen (secondary N) is 1. The van der Waals surface area contributed by atoms with Crippen LogP contribution < -0.4 is 10.1 Å². The van der Waals surface area contributed by atoms with E-state index in [-0.39, 0.29) is 44.7 Å². The second-order valence-corrected chi connectivity index (χ2v) is 12.2. The molecule has 0 heterocycles. The number of hydrogen-bond acceptors (Lipinski definition) is 9. The molecule has 48 heavy (non-hydrogen) atoms. The predicted molar refractivity (Wildman–Crippen MR) is 175 cm³/mol. The van der Waals surface area contributed by atoms with E-state index in [1.165, 1.54) is 21.9 Å². The molecule has 5 rings (SSSR count). The predicted octanol–water partition coefficient (Wildman–Crippen LogP) is 5.12. The van der Waals surface area contributed by atoms with Crippen LogP contribution in [0.1, 0.15) is 42.4 Å². The van der Waals surface area contributed by atoms with Crippen LogP contribution in [0.5, 0.6) is 17.2 Å². The molecule has 3 aromatic carbocycles. The number of benzene rings is 3. The largest absolute Gasteiger partial charge is 0.508 e. The van der Waals surface area contributed by atoms with Gasteiger partial charge in [-0.25, -0.2) is 9.59 Å². The van der Waals surface area contributed by atoms with Gasteiger partial charge in [0.05, 0.1) is 13.2 Å². The quantitative estimate of drug-likeness (QED) is 0.152. The minimum atomic E-state index is -1.09. The summed E-state index contributed by atoms with van der Waals surface area (Å²) in [4.78, 5) is 40.5. The number of carbonyl (C=O) groups is 3. The molecule has 4 N–H and O–H groups in total. The molecule has 0 saturated heterocycles. The number of nitrogens with zero attached hydrogens (tertiary/aromatic N) is 2. The van der Waals surface area contributed by atoms with Gasteiger partial charge in [-0.3, -0.25) is 9.69 Å². The van der Waals surface area contributed by atoms with Crippen LogP contribution in [0.15, 0.2) is 72.8 Å². The molecule has 0 radical (unpaired) electrons. The number of rotatable bonds is 16. The number of carboxylic acid groups (broad SMARTS) is 1. The lowest BCUT2D eigenvalue weighted by molar-refractivity contribution is -0.138. The number of phenols is 1. The number of fused-ring (bicyclic) bond motifs is 2. The van der Waals surface area contributed by atoms with Gasteiger partial charge in [0, 0.05) is 36.8 Å². The average molecular weight is 662 g/mol. The summed E-state index contributed by atoms with van der Waals surface area (Å²) in [6.45, 7) is 0.325. The lowest BCUT2D eigenvalue weighted by atomic mass is 9.94. The Balaban J connectivity index is 1.13. The van der Waals surface area contributed by atoms with Crippen molar-refractivity contribution in [3.05, 3.63) is 89.5 Å². The van der Waals surface area contributed by atoms with Crippen molar-refractivity contribution < 1.29 is 43.9 Å². The third-order valence-corrected chi connectivity index (χ3v) is 8.95. The highest BCUT2D eigenvalue weighted by Gasteiger charge is 2.44. The molecule has 0 spiro atoms. The lowest BCUT2D eigenvalue weighted by Crippen LogP contribution is -2.47. The molecular weight excluding hydrogens is 618 g/mol. The first-order valence-electron chi connectivity index (χ1n) is 16.3. The zero-order chi connectivity index (χ0) is 33.9. The van der Waals surface area contributed by atoms with Crippen molar-refractivity contribution in [2.75, 3.05) is 32.8 Å². The number of aromatic hydroxyl groups is 1. The van der Waals surface area contributed by atoms with Crippen molar-refractivity contribution in [2.45, 2.75) is 51.4 Å². The SMILES string of the molecule is O=C(O)CN(C(=O)OCCN(Cc1ccc(O)cc1)C(=O)OCCNCc1ccccc1Oc1ccccc1CO)C1CC2CCC1C2. The highest BCUT2D eigenvalue weighted by molar-refractivity contribution is 5.77. The van der Waals surface area contributed by atoms with Crippen LogP contribution in [0.25, 0.3) is 0 Å². The lowest BCUT2D eigenvalue weighted by Gasteiger charge is -2.33. The van der Waals surface area contributed by atoms with Crippen molar-refractivity contribution >= 4 is 18.2 Å². The van der Waals surface area contributed by atoms with E-state index in [2.05, 4.69) is 5.32 Å². The first-order valence-corrected chi connectivity index (χ1v) is 16.3. The van der Waals surface area contributed by atoms with E-state index in [0.29, 0.717) is 42.0 Å². The summed E-state index contributed by atoms with van der Waals surface area (Å²) in [6.07, 6.45) is 2.59. The molecule has 2 aliphatic rings. The van der Waals surface area contributed by atoms with Crippen LogP contribution in [0.2, 0.25) is 0 Å². The molecule has 256 valence electrons. The zero-order valence-electron chi connectivity index (χ0n) is 26.8. The van der Waals surface area contributed by atoms with Crippen LogP contribution in [-0.2, 0) is 34.0 Å². The number of hydrogen-bond donors (Lipinski definition) is 4. The fourth-order valence-electron chi connectivity index (χ4n) is 6.57. The van der Waals surface area contributed by atoms with Gasteiger partial charge in [0.25, 0.3) is 0 Å². The fourth-order valence-corrected chi connectivity index (χ4v) is 6.57. The van der Waals surface area contributed by atoms with Gasteiger partial charge in [0.1, 0.15) is 37.0 Å². The van der Waals surface area contributed by atoms with E-state index < -0.39 is 24.7 Å². The average Bonchev–Trinajstić information content (AvgIpc) is 3.72. The fraction of sp³-hybridized carbons (Fsp3) is 0.417. The molecular formula is C36H43N3O9. The highest BCUT2D eigenvalue weighted by Crippen LogP contribution is 2.46. The molecule has 3 aromatic rings. The van der Waals surface area contributed by atoms with E-state index in [0.717, 1.165) is 36.8 Å². The third-order valence-electron chi connectivity index (χ3n) is 8.95.